The molecule has 0 aliphatic carbocycles. The number of rotatable bonds is 4. The third kappa shape index (κ3) is 3.05. The Morgan fingerprint density at radius 1 is 1.43 bits per heavy atom. The third-order valence-electron chi connectivity index (χ3n) is 1.87. The van der Waals surface area contributed by atoms with E-state index >= 15 is 0 Å². The molecule has 0 aliphatic rings. The van der Waals surface area contributed by atoms with Gasteiger partial charge in [-0.25, -0.2) is 4.79 Å². The first-order valence-corrected chi connectivity index (χ1v) is 4.72. The van der Waals surface area contributed by atoms with E-state index in [2.05, 4.69) is 16.9 Å². The maximum absolute atomic E-state index is 11.2. The van der Waals surface area contributed by atoms with Gasteiger partial charge < -0.3 is 4.98 Å². The standard InChI is InChI=1S/C10H14N2O2/c1-2-3-4-5-6-8-7-11-10(14)12-9(8)13/h5-7H,2-4H2,1H3,(H2,11,12,13,14)/b6-5+. The molecule has 1 aromatic rings. The highest BCUT2D eigenvalue weighted by atomic mass is 16.2. The minimum absolute atomic E-state index is 0.346. The van der Waals surface area contributed by atoms with Crippen LogP contribution in [0.2, 0.25) is 0 Å². The Labute approximate surface area is 81.7 Å². The van der Waals surface area contributed by atoms with Crippen LogP contribution in [0.15, 0.2) is 21.9 Å². The molecule has 4 nitrogen and oxygen atoms in total. The van der Waals surface area contributed by atoms with Crippen LogP contribution in [0.3, 0.4) is 0 Å². The highest BCUT2D eigenvalue weighted by Crippen LogP contribution is 1.98. The molecule has 0 radical (unpaired) electrons. The van der Waals surface area contributed by atoms with Crippen LogP contribution < -0.4 is 11.2 Å². The predicted molar refractivity (Wildman–Crippen MR) is 56.2 cm³/mol. The molecule has 0 saturated heterocycles. The zero-order valence-electron chi connectivity index (χ0n) is 8.17. The van der Waals surface area contributed by atoms with Crippen LogP contribution in [0.1, 0.15) is 31.7 Å². The zero-order chi connectivity index (χ0) is 10.4. The molecule has 0 fully saturated rings. The summed E-state index contributed by atoms with van der Waals surface area (Å²) in [7, 11) is 0. The summed E-state index contributed by atoms with van der Waals surface area (Å²) in [4.78, 5) is 26.4. The second-order valence-electron chi connectivity index (χ2n) is 3.07. The second kappa shape index (κ2) is 5.21. The van der Waals surface area contributed by atoms with Gasteiger partial charge in [0.05, 0.1) is 5.56 Å². The van der Waals surface area contributed by atoms with Crippen molar-refractivity contribution in [2.75, 3.05) is 0 Å². The lowest BCUT2D eigenvalue weighted by Crippen LogP contribution is -2.22. The first-order valence-electron chi connectivity index (χ1n) is 4.72. The van der Waals surface area contributed by atoms with Crippen molar-refractivity contribution < 1.29 is 0 Å². The number of hydrogen-bond donors (Lipinski definition) is 2. The van der Waals surface area contributed by atoms with Gasteiger partial charge in [0.25, 0.3) is 5.56 Å². The van der Waals surface area contributed by atoms with Gasteiger partial charge in [-0.2, -0.15) is 0 Å². The minimum Gasteiger partial charge on any atom is -0.314 e. The molecule has 1 heterocycles. The predicted octanol–water partition coefficient (Wildman–Crippen LogP) is 1.27. The van der Waals surface area contributed by atoms with Gasteiger partial charge in [0.1, 0.15) is 0 Å². The Kier molecular flexibility index (Phi) is 3.91. The van der Waals surface area contributed by atoms with Gasteiger partial charge in [-0.05, 0) is 6.42 Å². The lowest BCUT2D eigenvalue weighted by Gasteiger charge is -1.91. The number of allylic oxidation sites excluding steroid dienone is 1. The Hall–Kier alpha value is -1.58. The number of hydrogen-bond acceptors (Lipinski definition) is 2. The third-order valence-corrected chi connectivity index (χ3v) is 1.87. The molecule has 0 unspecified atom stereocenters. The molecule has 0 atom stereocenters. The van der Waals surface area contributed by atoms with Gasteiger partial charge in [-0.1, -0.05) is 31.9 Å². The van der Waals surface area contributed by atoms with E-state index in [1.165, 1.54) is 6.20 Å². The fraction of sp³-hybridized carbons (Fsp3) is 0.400. The summed E-state index contributed by atoms with van der Waals surface area (Å²) in [6, 6.07) is 0. The zero-order valence-corrected chi connectivity index (χ0v) is 8.17. The van der Waals surface area contributed by atoms with Crippen molar-refractivity contribution >= 4 is 6.08 Å². The maximum Gasteiger partial charge on any atom is 0.325 e. The molecule has 0 bridgehead atoms. The highest BCUT2D eigenvalue weighted by molar-refractivity contribution is 5.45. The normalized spacial score (nSPS) is 10.9. The lowest BCUT2D eigenvalue weighted by molar-refractivity contribution is 0.816. The Morgan fingerprint density at radius 2 is 2.21 bits per heavy atom. The van der Waals surface area contributed by atoms with E-state index in [-0.39, 0.29) is 5.56 Å². The molecule has 2 N–H and O–H groups in total. The monoisotopic (exact) mass is 194 g/mol. The minimum atomic E-state index is -0.472. The van der Waals surface area contributed by atoms with E-state index in [9.17, 15) is 9.59 Å². The van der Waals surface area contributed by atoms with Gasteiger partial charge in [0, 0.05) is 6.20 Å². The number of aromatic amines is 2. The van der Waals surface area contributed by atoms with Gasteiger partial charge in [-0.15, -0.1) is 0 Å². The summed E-state index contributed by atoms with van der Waals surface area (Å²) in [6.07, 6.45) is 8.28. The average molecular weight is 194 g/mol. The topological polar surface area (TPSA) is 65.7 Å². The van der Waals surface area contributed by atoms with Crippen LogP contribution >= 0.6 is 0 Å². The highest BCUT2D eigenvalue weighted by Gasteiger charge is 1.93. The van der Waals surface area contributed by atoms with E-state index in [4.69, 9.17) is 0 Å². The SMILES string of the molecule is CCCC/C=C/c1c[nH]c(=O)[nH]c1=O. The van der Waals surface area contributed by atoms with E-state index in [1.807, 2.05) is 6.08 Å². The molecule has 14 heavy (non-hydrogen) atoms. The second-order valence-corrected chi connectivity index (χ2v) is 3.07. The van der Waals surface area contributed by atoms with Crippen LogP contribution in [-0.2, 0) is 0 Å². The molecule has 1 rings (SSSR count). The van der Waals surface area contributed by atoms with Crippen molar-refractivity contribution in [3.8, 4) is 0 Å². The summed E-state index contributed by atoms with van der Waals surface area (Å²) in [5.41, 5.74) is -0.331. The van der Waals surface area contributed by atoms with E-state index in [0.717, 1.165) is 19.3 Å². The summed E-state index contributed by atoms with van der Waals surface area (Å²) in [5, 5.41) is 0. The first kappa shape index (κ1) is 10.5. The molecule has 4 heteroatoms. The number of H-pyrrole nitrogens is 2. The number of unbranched alkanes of at least 4 members (excludes halogenated alkanes) is 2. The van der Waals surface area contributed by atoms with Crippen LogP contribution in [0, 0.1) is 0 Å². The van der Waals surface area contributed by atoms with E-state index < -0.39 is 5.69 Å². The van der Waals surface area contributed by atoms with Gasteiger partial charge in [0.2, 0.25) is 0 Å². The molecule has 0 aliphatic heterocycles. The summed E-state index contributed by atoms with van der Waals surface area (Å²) >= 11 is 0. The summed E-state index contributed by atoms with van der Waals surface area (Å²) < 4.78 is 0. The Balaban J connectivity index is 2.72. The van der Waals surface area contributed by atoms with Crippen LogP contribution in [0.4, 0.5) is 0 Å². The lowest BCUT2D eigenvalue weighted by atomic mass is 10.2. The molecule has 0 spiro atoms. The van der Waals surface area contributed by atoms with Crippen LogP contribution in [0.25, 0.3) is 6.08 Å². The van der Waals surface area contributed by atoms with Crippen molar-refractivity contribution in [3.05, 3.63) is 38.7 Å². The van der Waals surface area contributed by atoms with Crippen LogP contribution in [-0.4, -0.2) is 9.97 Å². The number of aromatic nitrogens is 2. The van der Waals surface area contributed by atoms with Crippen molar-refractivity contribution in [1.82, 2.24) is 9.97 Å². The van der Waals surface area contributed by atoms with Gasteiger partial charge in [0.15, 0.2) is 0 Å². The molecule has 1 aromatic heterocycles. The first-order chi connectivity index (χ1) is 6.74. The molecule has 0 aromatic carbocycles. The van der Waals surface area contributed by atoms with E-state index in [0.29, 0.717) is 5.56 Å². The van der Waals surface area contributed by atoms with E-state index in [1.54, 1.807) is 6.08 Å². The number of nitrogens with one attached hydrogen (secondary N) is 2. The molecule has 0 amide bonds. The smallest absolute Gasteiger partial charge is 0.314 e. The van der Waals surface area contributed by atoms with Crippen molar-refractivity contribution in [3.63, 3.8) is 0 Å². The molecular formula is C10H14N2O2. The average Bonchev–Trinajstić information content (AvgIpc) is 2.15. The fourth-order valence-electron chi connectivity index (χ4n) is 1.08. The van der Waals surface area contributed by atoms with Crippen LogP contribution in [0.5, 0.6) is 0 Å². The van der Waals surface area contributed by atoms with Gasteiger partial charge in [-0.3, -0.25) is 9.78 Å². The van der Waals surface area contributed by atoms with Gasteiger partial charge >= 0.3 is 5.69 Å². The molecule has 0 saturated carbocycles. The fourth-order valence-corrected chi connectivity index (χ4v) is 1.08. The summed E-state index contributed by atoms with van der Waals surface area (Å²) in [5.74, 6) is 0. The molecule has 76 valence electrons. The molecular weight excluding hydrogens is 180 g/mol. The summed E-state index contributed by atoms with van der Waals surface area (Å²) in [6.45, 7) is 2.11. The Bertz CT molecular complexity index is 415. The quantitative estimate of drug-likeness (QED) is 0.709. The van der Waals surface area contributed by atoms with Crippen molar-refractivity contribution in [2.45, 2.75) is 26.2 Å². The van der Waals surface area contributed by atoms with Crippen molar-refractivity contribution in [2.24, 2.45) is 0 Å². The van der Waals surface area contributed by atoms with Crippen molar-refractivity contribution in [1.29, 1.82) is 0 Å². The maximum atomic E-state index is 11.2. The largest absolute Gasteiger partial charge is 0.325 e. The Morgan fingerprint density at radius 3 is 2.86 bits per heavy atom.